The smallest absolute Gasteiger partial charge is 0.418 e. The first-order valence-corrected chi connectivity index (χ1v) is 13.5. The van der Waals surface area contributed by atoms with Gasteiger partial charge >= 0.3 is 18.1 Å². The third-order valence-electron chi connectivity index (χ3n) is 7.39. The van der Waals surface area contributed by atoms with E-state index in [0.717, 1.165) is 23.1 Å². The molecule has 5 rings (SSSR count). The highest BCUT2D eigenvalue weighted by atomic mass is 19.4. The van der Waals surface area contributed by atoms with E-state index in [4.69, 9.17) is 9.47 Å². The van der Waals surface area contributed by atoms with Gasteiger partial charge in [0, 0.05) is 16.7 Å². The summed E-state index contributed by atoms with van der Waals surface area (Å²) in [6.07, 6.45) is -3.93. The van der Waals surface area contributed by atoms with Crippen LogP contribution in [0.15, 0.2) is 90.5 Å². The fourth-order valence-corrected chi connectivity index (χ4v) is 5.58. The number of alkyl halides is 3. The Morgan fingerprint density at radius 1 is 0.837 bits per heavy atom. The monoisotopic (exact) mass is 592 g/mol. The molecule has 0 bridgehead atoms. The Morgan fingerprint density at radius 3 is 1.98 bits per heavy atom. The largest absolute Gasteiger partial charge is 0.464 e. The van der Waals surface area contributed by atoms with Crippen LogP contribution in [0.1, 0.15) is 40.9 Å². The van der Waals surface area contributed by atoms with Gasteiger partial charge in [-0.1, -0.05) is 72.8 Å². The van der Waals surface area contributed by atoms with E-state index >= 15 is 0 Å². The number of nitrogens with one attached hydrogen (secondary N) is 1. The molecule has 8 nitrogen and oxygen atoms in total. The van der Waals surface area contributed by atoms with Gasteiger partial charge in [-0.25, -0.2) is 9.59 Å². The number of Topliss-reactive ketones (excluding diaryl/α,β-unsaturated/α-hetero) is 1. The lowest BCUT2D eigenvalue weighted by Crippen LogP contribution is -2.63. The number of ether oxygens (including phenoxy) is 2. The van der Waals surface area contributed by atoms with Crippen molar-refractivity contribution < 1.29 is 41.8 Å². The number of ketones is 1. The van der Waals surface area contributed by atoms with Gasteiger partial charge in [-0.2, -0.15) is 13.2 Å². The van der Waals surface area contributed by atoms with E-state index in [1.54, 1.807) is 48.5 Å². The summed E-state index contributed by atoms with van der Waals surface area (Å²) >= 11 is 0. The molecule has 1 spiro atoms. The van der Waals surface area contributed by atoms with Gasteiger partial charge in [0.1, 0.15) is 0 Å². The highest BCUT2D eigenvalue weighted by molar-refractivity contribution is 6.24. The van der Waals surface area contributed by atoms with E-state index in [1.165, 1.54) is 32.0 Å². The fourth-order valence-electron chi connectivity index (χ4n) is 5.58. The summed E-state index contributed by atoms with van der Waals surface area (Å²) in [4.78, 5) is 56.7. The second kappa shape index (κ2) is 11.1. The topological polar surface area (TPSA) is 102 Å². The van der Waals surface area contributed by atoms with Gasteiger partial charge in [-0.15, -0.1) is 0 Å². The number of anilines is 1. The molecule has 0 saturated carbocycles. The van der Waals surface area contributed by atoms with Gasteiger partial charge in [0.05, 0.1) is 31.0 Å². The molecule has 2 heterocycles. The van der Waals surface area contributed by atoms with Crippen molar-refractivity contribution in [1.82, 2.24) is 5.32 Å². The van der Waals surface area contributed by atoms with Crippen LogP contribution in [0.3, 0.4) is 0 Å². The molecule has 0 unspecified atom stereocenters. The van der Waals surface area contributed by atoms with Crippen molar-refractivity contribution in [3.05, 3.63) is 113 Å². The van der Waals surface area contributed by atoms with Crippen LogP contribution in [0.5, 0.6) is 0 Å². The van der Waals surface area contributed by atoms with Crippen LogP contribution in [-0.4, -0.2) is 42.4 Å². The van der Waals surface area contributed by atoms with E-state index in [0.29, 0.717) is 5.56 Å². The third kappa shape index (κ3) is 4.79. The number of carbonyl (C=O) groups is 4. The Balaban J connectivity index is 1.83. The van der Waals surface area contributed by atoms with E-state index in [9.17, 15) is 32.3 Å². The maximum absolute atomic E-state index is 14.7. The molecule has 1 atom stereocenters. The average molecular weight is 593 g/mol. The number of amides is 1. The lowest BCUT2D eigenvalue weighted by atomic mass is 9.81. The van der Waals surface area contributed by atoms with E-state index in [-0.39, 0.29) is 30.9 Å². The molecular weight excluding hydrogens is 565 g/mol. The molecule has 0 aliphatic carbocycles. The van der Waals surface area contributed by atoms with Crippen molar-refractivity contribution in [1.29, 1.82) is 0 Å². The van der Waals surface area contributed by atoms with Gasteiger partial charge in [-0.05, 0) is 31.6 Å². The summed E-state index contributed by atoms with van der Waals surface area (Å²) < 4.78 is 53.9. The molecule has 222 valence electrons. The van der Waals surface area contributed by atoms with Crippen LogP contribution in [0.25, 0.3) is 0 Å². The van der Waals surface area contributed by atoms with Gasteiger partial charge in [0.25, 0.3) is 5.91 Å². The van der Waals surface area contributed by atoms with Crippen molar-refractivity contribution in [3.8, 4) is 0 Å². The summed E-state index contributed by atoms with van der Waals surface area (Å²) in [6, 6.07) is 19.3. The molecule has 0 radical (unpaired) electrons. The third-order valence-corrected chi connectivity index (χ3v) is 7.39. The number of hydrogen-bond acceptors (Lipinski definition) is 7. The number of carbonyl (C=O) groups excluding carboxylic acids is 4. The number of nitrogens with zero attached hydrogens (tertiary/aromatic N) is 1. The lowest BCUT2D eigenvalue weighted by molar-refractivity contribution is -0.163. The molecule has 0 aromatic heterocycles. The first-order valence-electron chi connectivity index (χ1n) is 13.5. The maximum Gasteiger partial charge on any atom is 0.418 e. The van der Waals surface area contributed by atoms with Crippen molar-refractivity contribution in [3.63, 3.8) is 0 Å². The van der Waals surface area contributed by atoms with E-state index in [1.807, 2.05) is 0 Å². The van der Waals surface area contributed by atoms with E-state index in [2.05, 4.69) is 5.32 Å². The Hall–Kier alpha value is -4.77. The average Bonchev–Trinajstić information content (AvgIpc) is 3.48. The predicted octanol–water partition coefficient (Wildman–Crippen LogP) is 4.73. The van der Waals surface area contributed by atoms with Crippen molar-refractivity contribution in [2.24, 2.45) is 0 Å². The Bertz CT molecular complexity index is 1600. The standard InChI is InChI=1S/C32H27F3N2O6/c1-3-42-28(40)30(29(41)43-4-2)18-24(26(38)21-14-9-6-10-15-21)31(36-30)22-16-11-17-23(32(33,34)35)25(22)37(27(31)39)19-20-12-7-5-8-13-20/h5-18,36H,3-4,19H2,1-2H3/t31-/m0/s1. The number of fused-ring (bicyclic) bond motifs is 2. The number of halogens is 3. The first kappa shape index (κ1) is 29.7. The van der Waals surface area contributed by atoms with Crippen LogP contribution in [0.2, 0.25) is 0 Å². The Kier molecular flexibility index (Phi) is 7.70. The van der Waals surface area contributed by atoms with Crippen LogP contribution >= 0.6 is 0 Å². The number of rotatable bonds is 8. The molecule has 0 saturated heterocycles. The molecule has 43 heavy (non-hydrogen) atoms. The predicted molar refractivity (Wildman–Crippen MR) is 149 cm³/mol. The van der Waals surface area contributed by atoms with Gasteiger partial charge in [0.2, 0.25) is 5.54 Å². The number of esters is 2. The maximum atomic E-state index is 14.7. The highest BCUT2D eigenvalue weighted by Crippen LogP contribution is 2.54. The number of para-hydroxylation sites is 1. The molecule has 1 amide bonds. The van der Waals surface area contributed by atoms with Crippen molar-refractivity contribution in [2.45, 2.75) is 37.6 Å². The second-order valence-electron chi connectivity index (χ2n) is 9.95. The summed E-state index contributed by atoms with van der Waals surface area (Å²) in [6.45, 7) is 2.35. The number of hydrogen-bond donors (Lipinski definition) is 1. The molecular formula is C32H27F3N2O6. The fraction of sp³-hybridized carbons (Fsp3) is 0.250. The molecule has 3 aromatic carbocycles. The number of benzene rings is 3. The van der Waals surface area contributed by atoms with Gasteiger partial charge in [-0.3, -0.25) is 14.9 Å². The lowest BCUT2D eigenvalue weighted by Gasteiger charge is -2.32. The minimum Gasteiger partial charge on any atom is -0.464 e. The second-order valence-corrected chi connectivity index (χ2v) is 9.95. The zero-order chi connectivity index (χ0) is 31.0. The van der Waals surface area contributed by atoms with Crippen LogP contribution in [-0.2, 0) is 42.1 Å². The van der Waals surface area contributed by atoms with Crippen LogP contribution in [0, 0.1) is 0 Å². The molecule has 11 heteroatoms. The highest BCUT2D eigenvalue weighted by Gasteiger charge is 2.68. The van der Waals surface area contributed by atoms with Gasteiger partial charge in [0.15, 0.2) is 11.3 Å². The Labute approximate surface area is 245 Å². The molecule has 1 N–H and O–H groups in total. The van der Waals surface area contributed by atoms with Crippen molar-refractivity contribution in [2.75, 3.05) is 18.1 Å². The van der Waals surface area contributed by atoms with Crippen molar-refractivity contribution >= 4 is 29.3 Å². The molecule has 2 aliphatic rings. The normalized spacial score (nSPS) is 18.8. The van der Waals surface area contributed by atoms with Crippen LogP contribution in [0.4, 0.5) is 18.9 Å². The van der Waals surface area contributed by atoms with Crippen LogP contribution < -0.4 is 10.2 Å². The molecule has 0 fully saturated rings. The first-order chi connectivity index (χ1) is 20.5. The Morgan fingerprint density at radius 2 is 1.42 bits per heavy atom. The minimum absolute atomic E-state index is 0.0845. The molecule has 2 aliphatic heterocycles. The van der Waals surface area contributed by atoms with E-state index < -0.39 is 57.7 Å². The SMILES string of the molecule is CCOC(=O)C1(C(=O)OCC)C=C(C(=O)c2ccccc2)[C@]2(N1)C(=O)N(Cc1ccccc1)c1c(C(F)(F)F)cccc12. The quantitative estimate of drug-likeness (QED) is 0.229. The van der Waals surface area contributed by atoms with Gasteiger partial charge < -0.3 is 14.4 Å². The summed E-state index contributed by atoms with van der Waals surface area (Å²) in [7, 11) is 0. The summed E-state index contributed by atoms with van der Waals surface area (Å²) in [5.74, 6) is -4.10. The zero-order valence-electron chi connectivity index (χ0n) is 23.2. The molecule has 3 aromatic rings. The minimum atomic E-state index is -4.89. The summed E-state index contributed by atoms with van der Waals surface area (Å²) in [5.41, 5.74) is -6.56. The zero-order valence-corrected chi connectivity index (χ0v) is 23.2. The summed E-state index contributed by atoms with van der Waals surface area (Å²) in [5, 5.41) is 2.73.